The highest BCUT2D eigenvalue weighted by molar-refractivity contribution is 5.91. The van der Waals surface area contributed by atoms with E-state index in [9.17, 15) is 9.59 Å². The zero-order chi connectivity index (χ0) is 16.2. The van der Waals surface area contributed by atoms with Gasteiger partial charge in [0.25, 0.3) is 0 Å². The quantitative estimate of drug-likeness (QED) is 0.801. The second kappa shape index (κ2) is 6.92. The molecule has 0 radical (unpaired) electrons. The predicted octanol–water partition coefficient (Wildman–Crippen LogP) is 2.46. The normalized spacial score (nSPS) is 27.3. The number of esters is 1. The van der Waals surface area contributed by atoms with E-state index in [1.165, 1.54) is 7.11 Å². The lowest BCUT2D eigenvalue weighted by molar-refractivity contribution is -0.146. The van der Waals surface area contributed by atoms with Gasteiger partial charge in [-0.25, -0.2) is 0 Å². The Labute approximate surface area is 136 Å². The standard InChI is InChI=1S/C19H21NO3/c1-23-19(22)18-12-15-9-10-16(21)13-17(15)20(18)11-5-8-14-6-3-2-4-7-14/h2-10,15,17-18H,11-13H2,1H3/b8-5+/t15-,17+,18-/m0/s1. The summed E-state index contributed by atoms with van der Waals surface area (Å²) < 4.78 is 4.95. The maximum Gasteiger partial charge on any atom is 0.323 e. The second-order valence-electron chi connectivity index (χ2n) is 6.05. The lowest BCUT2D eigenvalue weighted by Crippen LogP contribution is -2.43. The van der Waals surface area contributed by atoms with Crippen LogP contribution in [0.15, 0.2) is 48.6 Å². The molecule has 0 saturated carbocycles. The number of benzene rings is 1. The first-order chi connectivity index (χ1) is 11.2. The molecule has 1 aliphatic heterocycles. The van der Waals surface area contributed by atoms with E-state index in [1.807, 2.05) is 42.5 Å². The van der Waals surface area contributed by atoms with Crippen molar-refractivity contribution in [3.8, 4) is 0 Å². The summed E-state index contributed by atoms with van der Waals surface area (Å²) in [6.45, 7) is 0.636. The first kappa shape index (κ1) is 15.7. The SMILES string of the molecule is COC(=O)[C@@H]1C[C@@H]2C=CC(=O)C[C@H]2N1C/C=C/c1ccccc1. The molecule has 0 spiro atoms. The first-order valence-corrected chi connectivity index (χ1v) is 7.95. The smallest absolute Gasteiger partial charge is 0.323 e. The number of nitrogens with zero attached hydrogens (tertiary/aromatic N) is 1. The fourth-order valence-corrected chi connectivity index (χ4v) is 3.51. The van der Waals surface area contributed by atoms with Gasteiger partial charge >= 0.3 is 5.97 Å². The molecule has 0 aromatic heterocycles. The molecule has 1 aliphatic carbocycles. The maximum atomic E-state index is 12.1. The number of methoxy groups -OCH3 is 1. The summed E-state index contributed by atoms with van der Waals surface area (Å²) in [4.78, 5) is 25.9. The van der Waals surface area contributed by atoms with E-state index in [4.69, 9.17) is 4.74 Å². The van der Waals surface area contributed by atoms with E-state index in [-0.39, 0.29) is 29.8 Å². The van der Waals surface area contributed by atoms with E-state index < -0.39 is 0 Å². The van der Waals surface area contributed by atoms with Gasteiger partial charge in [-0.15, -0.1) is 0 Å². The average Bonchev–Trinajstić information content (AvgIpc) is 2.93. The third-order valence-corrected chi connectivity index (χ3v) is 4.65. The Morgan fingerprint density at radius 3 is 2.87 bits per heavy atom. The lowest BCUT2D eigenvalue weighted by atomic mass is 9.90. The molecule has 0 bridgehead atoms. The zero-order valence-electron chi connectivity index (χ0n) is 13.2. The molecule has 23 heavy (non-hydrogen) atoms. The predicted molar refractivity (Wildman–Crippen MR) is 88.6 cm³/mol. The van der Waals surface area contributed by atoms with Gasteiger partial charge in [0, 0.05) is 19.0 Å². The molecule has 3 rings (SSSR count). The molecule has 1 aromatic carbocycles. The molecule has 120 valence electrons. The van der Waals surface area contributed by atoms with Crippen molar-refractivity contribution < 1.29 is 14.3 Å². The van der Waals surface area contributed by atoms with Crippen LogP contribution in [0.5, 0.6) is 0 Å². The number of likely N-dealkylation sites (tertiary alicyclic amines) is 1. The molecule has 0 N–H and O–H groups in total. The molecule has 3 atom stereocenters. The van der Waals surface area contributed by atoms with E-state index in [0.717, 1.165) is 12.0 Å². The highest BCUT2D eigenvalue weighted by Gasteiger charge is 2.45. The van der Waals surface area contributed by atoms with Gasteiger partial charge in [-0.2, -0.15) is 0 Å². The molecular formula is C19H21NO3. The molecule has 4 heteroatoms. The maximum absolute atomic E-state index is 12.1. The van der Waals surface area contributed by atoms with Crippen LogP contribution < -0.4 is 0 Å². The average molecular weight is 311 g/mol. The minimum Gasteiger partial charge on any atom is -0.468 e. The van der Waals surface area contributed by atoms with Crippen molar-refractivity contribution in [3.05, 3.63) is 54.1 Å². The van der Waals surface area contributed by atoms with Gasteiger partial charge in [-0.1, -0.05) is 48.6 Å². The van der Waals surface area contributed by atoms with Crippen LogP contribution in [0.2, 0.25) is 0 Å². The molecule has 1 heterocycles. The molecular weight excluding hydrogens is 290 g/mol. The highest BCUT2D eigenvalue weighted by Crippen LogP contribution is 2.36. The van der Waals surface area contributed by atoms with Crippen molar-refractivity contribution in [3.63, 3.8) is 0 Å². The minimum absolute atomic E-state index is 0.0945. The van der Waals surface area contributed by atoms with E-state index in [2.05, 4.69) is 11.0 Å². The van der Waals surface area contributed by atoms with Crippen molar-refractivity contribution >= 4 is 17.8 Å². The number of hydrogen-bond acceptors (Lipinski definition) is 4. The monoisotopic (exact) mass is 311 g/mol. The van der Waals surface area contributed by atoms with Crippen molar-refractivity contribution in [2.75, 3.05) is 13.7 Å². The Bertz CT molecular complexity index is 635. The Morgan fingerprint density at radius 2 is 2.13 bits per heavy atom. The Hall–Kier alpha value is -2.20. The summed E-state index contributed by atoms with van der Waals surface area (Å²) in [7, 11) is 1.42. The summed E-state index contributed by atoms with van der Waals surface area (Å²) in [5.41, 5.74) is 1.12. The number of fused-ring (bicyclic) bond motifs is 1. The number of ketones is 1. The van der Waals surface area contributed by atoms with Crippen LogP contribution >= 0.6 is 0 Å². The van der Waals surface area contributed by atoms with Crippen LogP contribution in [0.4, 0.5) is 0 Å². The fraction of sp³-hybridized carbons (Fsp3) is 0.368. The molecule has 4 nitrogen and oxygen atoms in total. The van der Waals surface area contributed by atoms with Gasteiger partial charge in [0.05, 0.1) is 7.11 Å². The third-order valence-electron chi connectivity index (χ3n) is 4.65. The topological polar surface area (TPSA) is 46.6 Å². The van der Waals surface area contributed by atoms with Crippen molar-refractivity contribution in [1.82, 2.24) is 4.90 Å². The van der Waals surface area contributed by atoms with E-state index >= 15 is 0 Å². The third kappa shape index (κ3) is 3.42. The van der Waals surface area contributed by atoms with Crippen LogP contribution in [-0.4, -0.2) is 42.4 Å². The van der Waals surface area contributed by atoms with Crippen LogP contribution in [0.3, 0.4) is 0 Å². The van der Waals surface area contributed by atoms with Gasteiger partial charge in [0.15, 0.2) is 5.78 Å². The Morgan fingerprint density at radius 1 is 1.35 bits per heavy atom. The largest absolute Gasteiger partial charge is 0.468 e. The van der Waals surface area contributed by atoms with Crippen LogP contribution in [0.25, 0.3) is 6.08 Å². The summed E-state index contributed by atoms with van der Waals surface area (Å²) in [6, 6.07) is 9.86. The number of carbonyl (C=O) groups is 2. The van der Waals surface area contributed by atoms with Crippen molar-refractivity contribution in [1.29, 1.82) is 0 Å². The fourth-order valence-electron chi connectivity index (χ4n) is 3.51. The number of allylic oxidation sites excluding steroid dienone is 1. The number of ether oxygens (including phenoxy) is 1. The van der Waals surface area contributed by atoms with Gasteiger partial charge in [0.2, 0.25) is 0 Å². The molecule has 0 unspecified atom stereocenters. The highest BCUT2D eigenvalue weighted by atomic mass is 16.5. The molecule has 1 aromatic rings. The van der Waals surface area contributed by atoms with Gasteiger partial charge in [0.1, 0.15) is 6.04 Å². The second-order valence-corrected chi connectivity index (χ2v) is 6.05. The molecule has 0 amide bonds. The van der Waals surface area contributed by atoms with Crippen molar-refractivity contribution in [2.45, 2.75) is 24.9 Å². The number of hydrogen-bond donors (Lipinski definition) is 0. The summed E-state index contributed by atoms with van der Waals surface area (Å²) in [5.74, 6) is 0.170. The lowest BCUT2D eigenvalue weighted by Gasteiger charge is -2.29. The van der Waals surface area contributed by atoms with Gasteiger partial charge in [-0.3, -0.25) is 14.5 Å². The van der Waals surface area contributed by atoms with E-state index in [1.54, 1.807) is 6.08 Å². The van der Waals surface area contributed by atoms with Gasteiger partial charge in [-0.05, 0) is 24.0 Å². The number of carbonyl (C=O) groups excluding carboxylic acids is 2. The van der Waals surface area contributed by atoms with Crippen molar-refractivity contribution in [2.24, 2.45) is 5.92 Å². The minimum atomic E-state index is -0.272. The van der Waals surface area contributed by atoms with Crippen LogP contribution in [0, 0.1) is 5.92 Å². The first-order valence-electron chi connectivity index (χ1n) is 7.95. The zero-order valence-corrected chi connectivity index (χ0v) is 13.2. The number of rotatable bonds is 4. The molecule has 1 saturated heterocycles. The van der Waals surface area contributed by atoms with Crippen LogP contribution in [0.1, 0.15) is 18.4 Å². The summed E-state index contributed by atoms with van der Waals surface area (Å²) >= 11 is 0. The summed E-state index contributed by atoms with van der Waals surface area (Å²) in [5, 5.41) is 0. The van der Waals surface area contributed by atoms with Crippen LogP contribution in [-0.2, 0) is 14.3 Å². The molecule has 2 aliphatic rings. The van der Waals surface area contributed by atoms with E-state index in [0.29, 0.717) is 13.0 Å². The molecule has 1 fully saturated rings. The Kier molecular flexibility index (Phi) is 4.72. The summed E-state index contributed by atoms with van der Waals surface area (Å²) in [6.07, 6.45) is 8.90. The Balaban J connectivity index is 1.75. The van der Waals surface area contributed by atoms with Gasteiger partial charge < -0.3 is 4.74 Å².